The van der Waals surface area contributed by atoms with E-state index in [9.17, 15) is 4.79 Å². The molecule has 0 unspecified atom stereocenters. The molecule has 4 aromatic rings. The minimum atomic E-state index is -0.0364. The summed E-state index contributed by atoms with van der Waals surface area (Å²) in [6.45, 7) is 4.12. The molecule has 0 saturated carbocycles. The highest BCUT2D eigenvalue weighted by atomic mass is 32.1. The molecule has 0 radical (unpaired) electrons. The first-order valence-electron chi connectivity index (χ1n) is 8.25. The Morgan fingerprint density at radius 2 is 1.76 bits per heavy atom. The highest BCUT2D eigenvalue weighted by Gasteiger charge is 2.12. The Balaban J connectivity index is 1.60. The largest absolute Gasteiger partial charge is 0.302 e. The molecule has 3 aromatic carbocycles. The van der Waals surface area contributed by atoms with Crippen molar-refractivity contribution >= 4 is 43.4 Å². The van der Waals surface area contributed by atoms with Crippen molar-refractivity contribution in [3.05, 3.63) is 71.3 Å². The zero-order valence-corrected chi connectivity index (χ0v) is 15.0. The number of rotatable bonds is 3. The van der Waals surface area contributed by atoms with Crippen LogP contribution in [0.5, 0.6) is 0 Å². The summed E-state index contributed by atoms with van der Waals surface area (Å²) in [6, 6.07) is 18.4. The van der Waals surface area contributed by atoms with Crippen molar-refractivity contribution in [1.82, 2.24) is 4.98 Å². The van der Waals surface area contributed by atoms with E-state index < -0.39 is 0 Å². The van der Waals surface area contributed by atoms with Gasteiger partial charge in [-0.2, -0.15) is 0 Å². The first kappa shape index (κ1) is 15.8. The molecule has 0 spiro atoms. The van der Waals surface area contributed by atoms with Gasteiger partial charge < -0.3 is 5.32 Å². The van der Waals surface area contributed by atoms with Crippen molar-refractivity contribution in [2.45, 2.75) is 20.3 Å². The summed E-state index contributed by atoms with van der Waals surface area (Å²) in [7, 11) is 0. The summed E-state index contributed by atoms with van der Waals surface area (Å²) in [4.78, 5) is 17.1. The third kappa shape index (κ3) is 3.01. The molecule has 1 N–H and O–H groups in total. The molecular formula is C21H18N2OS. The molecule has 1 heterocycles. The number of hydrogen-bond donors (Lipinski definition) is 1. The fraction of sp³-hybridized carbons (Fsp3) is 0.143. The second-order valence-electron chi connectivity index (χ2n) is 6.26. The Kier molecular flexibility index (Phi) is 3.98. The van der Waals surface area contributed by atoms with Gasteiger partial charge in [-0.3, -0.25) is 4.79 Å². The number of anilines is 1. The van der Waals surface area contributed by atoms with Crippen molar-refractivity contribution in [1.29, 1.82) is 0 Å². The number of amides is 1. The molecule has 0 aliphatic rings. The van der Waals surface area contributed by atoms with Crippen LogP contribution >= 0.6 is 11.3 Å². The molecule has 25 heavy (non-hydrogen) atoms. The number of thiazole rings is 1. The van der Waals surface area contributed by atoms with Gasteiger partial charge in [0.25, 0.3) is 0 Å². The number of aromatic nitrogens is 1. The first-order chi connectivity index (χ1) is 12.1. The zero-order valence-electron chi connectivity index (χ0n) is 14.2. The number of hydrogen-bond acceptors (Lipinski definition) is 3. The molecule has 0 fully saturated rings. The van der Waals surface area contributed by atoms with Crippen LogP contribution in [0.25, 0.3) is 21.0 Å². The number of benzene rings is 3. The molecule has 0 atom stereocenters. The third-order valence-electron chi connectivity index (χ3n) is 4.42. The number of carbonyl (C=O) groups excluding carboxylic acids is 1. The van der Waals surface area contributed by atoms with Crippen LogP contribution in [0, 0.1) is 13.8 Å². The Hall–Kier alpha value is -2.72. The van der Waals surface area contributed by atoms with Gasteiger partial charge in [0.2, 0.25) is 5.91 Å². The molecule has 0 aliphatic carbocycles. The molecule has 124 valence electrons. The lowest BCUT2D eigenvalue weighted by atomic mass is 10.0. The molecule has 0 saturated heterocycles. The maximum atomic E-state index is 12.5. The van der Waals surface area contributed by atoms with Gasteiger partial charge >= 0.3 is 0 Å². The summed E-state index contributed by atoms with van der Waals surface area (Å²) in [6.07, 6.45) is 0.343. The van der Waals surface area contributed by atoms with Crippen LogP contribution in [-0.2, 0) is 11.2 Å². The molecule has 4 rings (SSSR count). The number of nitrogens with zero attached hydrogens (tertiary/aromatic N) is 1. The molecule has 0 aliphatic heterocycles. The van der Waals surface area contributed by atoms with Crippen LogP contribution in [0.2, 0.25) is 0 Å². The van der Waals surface area contributed by atoms with E-state index in [2.05, 4.69) is 47.6 Å². The van der Waals surface area contributed by atoms with Crippen molar-refractivity contribution in [3.63, 3.8) is 0 Å². The number of aryl methyl sites for hydroxylation is 2. The van der Waals surface area contributed by atoms with Gasteiger partial charge in [0.1, 0.15) is 0 Å². The quantitative estimate of drug-likeness (QED) is 0.551. The van der Waals surface area contributed by atoms with E-state index >= 15 is 0 Å². The van der Waals surface area contributed by atoms with Crippen LogP contribution in [0.15, 0.2) is 54.6 Å². The van der Waals surface area contributed by atoms with Crippen LogP contribution in [-0.4, -0.2) is 10.9 Å². The summed E-state index contributed by atoms with van der Waals surface area (Å²) in [5, 5.41) is 5.91. The minimum Gasteiger partial charge on any atom is -0.302 e. The normalized spacial score (nSPS) is 11.1. The van der Waals surface area contributed by atoms with Gasteiger partial charge in [-0.1, -0.05) is 65.9 Å². The van der Waals surface area contributed by atoms with E-state index in [0.717, 1.165) is 32.1 Å². The lowest BCUT2D eigenvalue weighted by molar-refractivity contribution is -0.115. The topological polar surface area (TPSA) is 42.0 Å². The van der Waals surface area contributed by atoms with Gasteiger partial charge in [0.15, 0.2) is 5.13 Å². The van der Waals surface area contributed by atoms with E-state index in [4.69, 9.17) is 0 Å². The Labute approximate surface area is 150 Å². The second-order valence-corrected chi connectivity index (χ2v) is 7.26. The number of carbonyl (C=O) groups is 1. The first-order valence-corrected chi connectivity index (χ1v) is 9.07. The van der Waals surface area contributed by atoms with E-state index in [1.165, 1.54) is 16.9 Å². The molecule has 4 heteroatoms. The SMILES string of the molecule is Cc1ccc(C)c2sc(NC(=O)Cc3cccc4ccccc34)nc12. The van der Waals surface area contributed by atoms with Crippen LogP contribution in [0.3, 0.4) is 0 Å². The number of nitrogens with one attached hydrogen (secondary N) is 1. The van der Waals surface area contributed by atoms with Gasteiger partial charge in [-0.05, 0) is 41.3 Å². The van der Waals surface area contributed by atoms with Gasteiger partial charge in [0.05, 0.1) is 16.6 Å². The monoisotopic (exact) mass is 346 g/mol. The maximum Gasteiger partial charge on any atom is 0.230 e. The summed E-state index contributed by atoms with van der Waals surface area (Å²) in [5.41, 5.74) is 4.33. The molecule has 3 nitrogen and oxygen atoms in total. The lowest BCUT2D eigenvalue weighted by Crippen LogP contribution is -2.14. The van der Waals surface area contributed by atoms with E-state index in [-0.39, 0.29) is 5.91 Å². The Morgan fingerprint density at radius 3 is 2.60 bits per heavy atom. The van der Waals surface area contributed by atoms with E-state index in [1.54, 1.807) is 0 Å². The standard InChI is InChI=1S/C21H18N2OS/c1-13-10-11-14(2)20-19(13)23-21(25-20)22-18(24)12-16-8-5-7-15-6-3-4-9-17(15)16/h3-11H,12H2,1-2H3,(H,22,23,24). The Morgan fingerprint density at radius 1 is 1.00 bits per heavy atom. The van der Waals surface area contributed by atoms with Crippen LogP contribution in [0.4, 0.5) is 5.13 Å². The smallest absolute Gasteiger partial charge is 0.230 e. The highest BCUT2D eigenvalue weighted by Crippen LogP contribution is 2.31. The maximum absolute atomic E-state index is 12.5. The summed E-state index contributed by atoms with van der Waals surface area (Å²) < 4.78 is 1.14. The average Bonchev–Trinajstić information content (AvgIpc) is 3.03. The van der Waals surface area contributed by atoms with Crippen molar-refractivity contribution in [3.8, 4) is 0 Å². The molecule has 0 bridgehead atoms. The number of fused-ring (bicyclic) bond motifs is 2. The fourth-order valence-electron chi connectivity index (χ4n) is 3.10. The average molecular weight is 346 g/mol. The Bertz CT molecular complexity index is 1050. The third-order valence-corrected chi connectivity index (χ3v) is 5.53. The lowest BCUT2D eigenvalue weighted by Gasteiger charge is -2.06. The van der Waals surface area contributed by atoms with Gasteiger partial charge in [0, 0.05) is 0 Å². The van der Waals surface area contributed by atoms with E-state index in [1.807, 2.05) is 31.2 Å². The second kappa shape index (κ2) is 6.30. The predicted octanol–water partition coefficient (Wildman–Crippen LogP) is 5.25. The molecular weight excluding hydrogens is 328 g/mol. The van der Waals surface area contributed by atoms with E-state index in [0.29, 0.717) is 11.6 Å². The van der Waals surface area contributed by atoms with Crippen molar-refractivity contribution in [2.75, 3.05) is 5.32 Å². The molecule has 1 aromatic heterocycles. The van der Waals surface area contributed by atoms with Crippen LogP contribution in [0.1, 0.15) is 16.7 Å². The van der Waals surface area contributed by atoms with Crippen LogP contribution < -0.4 is 5.32 Å². The fourth-order valence-corrected chi connectivity index (χ4v) is 4.12. The molecule has 1 amide bonds. The predicted molar refractivity (Wildman–Crippen MR) is 105 cm³/mol. The summed E-state index contributed by atoms with van der Waals surface area (Å²) in [5.74, 6) is -0.0364. The minimum absolute atomic E-state index is 0.0364. The zero-order chi connectivity index (χ0) is 17.4. The van der Waals surface area contributed by atoms with Crippen molar-refractivity contribution in [2.24, 2.45) is 0 Å². The van der Waals surface area contributed by atoms with Crippen molar-refractivity contribution < 1.29 is 4.79 Å². The van der Waals surface area contributed by atoms with Gasteiger partial charge in [-0.25, -0.2) is 4.98 Å². The summed E-state index contributed by atoms with van der Waals surface area (Å²) >= 11 is 1.54. The highest BCUT2D eigenvalue weighted by molar-refractivity contribution is 7.22. The van der Waals surface area contributed by atoms with Gasteiger partial charge in [-0.15, -0.1) is 0 Å².